The fraction of sp³-hybridized carbons (Fsp3) is 0.625. The number of nitrogens with one attached hydrogen (secondary N) is 1. The molecule has 19 heavy (non-hydrogen) atoms. The molecule has 0 spiro atoms. The third kappa shape index (κ3) is 4.84. The first-order valence-corrected chi connectivity index (χ1v) is 7.52. The van der Waals surface area contributed by atoms with Crippen LogP contribution < -0.4 is 10.2 Å². The molecule has 0 atom stereocenters. The van der Waals surface area contributed by atoms with E-state index in [-0.39, 0.29) is 0 Å². The first kappa shape index (κ1) is 14.4. The molecule has 0 radical (unpaired) electrons. The van der Waals surface area contributed by atoms with Crippen LogP contribution in [0.2, 0.25) is 0 Å². The lowest BCUT2D eigenvalue weighted by atomic mass is 10.2. The van der Waals surface area contributed by atoms with Crippen LogP contribution in [0.5, 0.6) is 0 Å². The summed E-state index contributed by atoms with van der Waals surface area (Å²) in [6, 6.07) is 8.98. The van der Waals surface area contributed by atoms with Gasteiger partial charge in [0, 0.05) is 38.5 Å². The molecule has 1 heterocycles. The molecule has 106 valence electrons. The lowest BCUT2D eigenvalue weighted by Crippen LogP contribution is -2.18. The molecule has 3 nitrogen and oxygen atoms in total. The number of hydrogen-bond donors (Lipinski definition) is 1. The summed E-state index contributed by atoms with van der Waals surface area (Å²) in [7, 11) is 0. The van der Waals surface area contributed by atoms with E-state index in [1.54, 1.807) is 0 Å². The van der Waals surface area contributed by atoms with Gasteiger partial charge in [-0.05, 0) is 50.4 Å². The molecular weight excluding hydrogens is 236 g/mol. The molecule has 3 heteroatoms. The first-order chi connectivity index (χ1) is 9.40. The van der Waals surface area contributed by atoms with Crippen molar-refractivity contribution in [3.05, 3.63) is 29.8 Å². The molecule has 1 aliphatic rings. The molecule has 1 N–H and O–H groups in total. The second-order valence-electron chi connectivity index (χ2n) is 5.09. The smallest absolute Gasteiger partial charge is 0.0477 e. The maximum absolute atomic E-state index is 5.31. The normalized spacial score (nSPS) is 15.1. The van der Waals surface area contributed by atoms with E-state index >= 15 is 0 Å². The largest absolute Gasteiger partial charge is 0.382 e. The predicted molar refractivity (Wildman–Crippen MR) is 80.7 cm³/mol. The number of hydrogen-bond acceptors (Lipinski definition) is 3. The Kier molecular flexibility index (Phi) is 6.18. The van der Waals surface area contributed by atoms with Crippen LogP contribution in [-0.2, 0) is 11.3 Å². The highest BCUT2D eigenvalue weighted by Gasteiger charge is 2.11. The van der Waals surface area contributed by atoms with Crippen LogP contribution in [0.3, 0.4) is 0 Å². The summed E-state index contributed by atoms with van der Waals surface area (Å²) in [6.07, 6.45) is 3.76. The van der Waals surface area contributed by atoms with Crippen LogP contribution in [0.15, 0.2) is 24.3 Å². The molecular formula is C16H26N2O. The topological polar surface area (TPSA) is 24.5 Å². The van der Waals surface area contributed by atoms with E-state index in [0.29, 0.717) is 0 Å². The van der Waals surface area contributed by atoms with Crippen LogP contribution in [0.1, 0.15) is 31.7 Å². The molecule has 0 saturated carbocycles. The molecule has 1 aromatic carbocycles. The van der Waals surface area contributed by atoms with E-state index < -0.39 is 0 Å². The van der Waals surface area contributed by atoms with Gasteiger partial charge in [-0.2, -0.15) is 0 Å². The molecule has 0 aliphatic carbocycles. The van der Waals surface area contributed by atoms with Gasteiger partial charge < -0.3 is 15.0 Å². The average Bonchev–Trinajstić information content (AvgIpc) is 2.97. The highest BCUT2D eigenvalue weighted by Crippen LogP contribution is 2.20. The van der Waals surface area contributed by atoms with Crippen molar-refractivity contribution in [2.75, 3.05) is 37.7 Å². The molecule has 0 aromatic heterocycles. The summed E-state index contributed by atoms with van der Waals surface area (Å²) in [5.74, 6) is 0. The number of ether oxygens (including phenoxy) is 1. The minimum absolute atomic E-state index is 0.817. The number of benzene rings is 1. The summed E-state index contributed by atoms with van der Waals surface area (Å²) >= 11 is 0. The third-order valence-corrected chi connectivity index (χ3v) is 3.58. The van der Waals surface area contributed by atoms with Gasteiger partial charge in [0.2, 0.25) is 0 Å². The number of rotatable bonds is 8. The van der Waals surface area contributed by atoms with Crippen molar-refractivity contribution in [3.63, 3.8) is 0 Å². The minimum Gasteiger partial charge on any atom is -0.382 e. The van der Waals surface area contributed by atoms with E-state index in [1.807, 2.05) is 6.92 Å². The average molecular weight is 262 g/mol. The fourth-order valence-corrected chi connectivity index (χ4v) is 2.48. The Morgan fingerprint density at radius 1 is 1.16 bits per heavy atom. The number of anilines is 1. The minimum atomic E-state index is 0.817. The molecule has 1 fully saturated rings. The van der Waals surface area contributed by atoms with Crippen LogP contribution in [0.4, 0.5) is 5.69 Å². The van der Waals surface area contributed by atoms with Crippen LogP contribution in [0.25, 0.3) is 0 Å². The summed E-state index contributed by atoms with van der Waals surface area (Å²) in [5, 5.41) is 3.46. The Morgan fingerprint density at radius 2 is 1.89 bits per heavy atom. The monoisotopic (exact) mass is 262 g/mol. The highest BCUT2D eigenvalue weighted by atomic mass is 16.5. The lowest BCUT2D eigenvalue weighted by molar-refractivity contribution is 0.144. The predicted octanol–water partition coefficient (Wildman–Crippen LogP) is 2.80. The summed E-state index contributed by atoms with van der Waals surface area (Å²) in [5.41, 5.74) is 2.73. The van der Waals surface area contributed by atoms with Crippen molar-refractivity contribution >= 4 is 5.69 Å². The zero-order valence-electron chi connectivity index (χ0n) is 12.0. The van der Waals surface area contributed by atoms with Crippen molar-refractivity contribution in [3.8, 4) is 0 Å². The molecule has 2 rings (SSSR count). The van der Waals surface area contributed by atoms with E-state index in [9.17, 15) is 0 Å². The Balaban J connectivity index is 1.67. The Hall–Kier alpha value is -1.06. The van der Waals surface area contributed by atoms with Crippen molar-refractivity contribution in [2.24, 2.45) is 0 Å². The van der Waals surface area contributed by atoms with Crippen molar-refractivity contribution in [1.82, 2.24) is 5.32 Å². The van der Waals surface area contributed by atoms with Crippen molar-refractivity contribution < 1.29 is 4.74 Å². The van der Waals surface area contributed by atoms with Gasteiger partial charge in [0.25, 0.3) is 0 Å². The van der Waals surface area contributed by atoms with Gasteiger partial charge >= 0.3 is 0 Å². The lowest BCUT2D eigenvalue weighted by Gasteiger charge is -2.17. The Morgan fingerprint density at radius 3 is 2.58 bits per heavy atom. The summed E-state index contributed by atoms with van der Waals surface area (Å²) < 4.78 is 5.31. The quantitative estimate of drug-likeness (QED) is 0.729. The van der Waals surface area contributed by atoms with Crippen molar-refractivity contribution in [2.45, 2.75) is 32.7 Å². The molecule has 1 saturated heterocycles. The molecule has 0 amide bonds. The first-order valence-electron chi connectivity index (χ1n) is 7.52. The van der Waals surface area contributed by atoms with E-state index in [0.717, 1.165) is 32.7 Å². The highest BCUT2D eigenvalue weighted by molar-refractivity contribution is 5.48. The molecule has 1 aliphatic heterocycles. The number of nitrogens with zero attached hydrogens (tertiary/aromatic N) is 1. The van der Waals surface area contributed by atoms with Crippen LogP contribution in [0, 0.1) is 0 Å². The zero-order chi connectivity index (χ0) is 13.3. The second-order valence-corrected chi connectivity index (χ2v) is 5.09. The molecule has 1 aromatic rings. The van der Waals surface area contributed by atoms with Crippen molar-refractivity contribution in [1.29, 1.82) is 0 Å². The van der Waals surface area contributed by atoms with E-state index in [2.05, 4.69) is 34.5 Å². The van der Waals surface area contributed by atoms with Crippen LogP contribution in [-0.4, -0.2) is 32.8 Å². The summed E-state index contributed by atoms with van der Waals surface area (Å²) in [4.78, 5) is 2.47. The van der Waals surface area contributed by atoms with Gasteiger partial charge in [0.05, 0.1) is 0 Å². The van der Waals surface area contributed by atoms with Gasteiger partial charge in [-0.1, -0.05) is 12.1 Å². The van der Waals surface area contributed by atoms with Gasteiger partial charge in [-0.25, -0.2) is 0 Å². The molecule has 0 unspecified atom stereocenters. The van der Waals surface area contributed by atoms with Gasteiger partial charge in [0.1, 0.15) is 0 Å². The second kappa shape index (κ2) is 8.18. The van der Waals surface area contributed by atoms with E-state index in [1.165, 1.54) is 37.2 Å². The fourth-order valence-electron chi connectivity index (χ4n) is 2.48. The maximum atomic E-state index is 5.31. The standard InChI is InChI=1S/C16H26N2O/c1-2-19-13-5-10-17-14-15-6-8-16(9-7-15)18-11-3-4-12-18/h6-9,17H,2-5,10-14H2,1H3. The molecule has 0 bridgehead atoms. The SMILES string of the molecule is CCOCCCNCc1ccc(N2CCCC2)cc1. The third-order valence-electron chi connectivity index (χ3n) is 3.58. The van der Waals surface area contributed by atoms with Gasteiger partial charge in [-0.3, -0.25) is 0 Å². The van der Waals surface area contributed by atoms with E-state index in [4.69, 9.17) is 4.74 Å². The Labute approximate surface area is 116 Å². The zero-order valence-corrected chi connectivity index (χ0v) is 12.0. The van der Waals surface area contributed by atoms with Crippen LogP contribution >= 0.6 is 0 Å². The maximum Gasteiger partial charge on any atom is 0.0477 e. The van der Waals surface area contributed by atoms with Gasteiger partial charge in [-0.15, -0.1) is 0 Å². The Bertz CT molecular complexity index is 344. The summed E-state index contributed by atoms with van der Waals surface area (Å²) in [6.45, 7) is 8.12. The van der Waals surface area contributed by atoms with Gasteiger partial charge in [0.15, 0.2) is 0 Å².